The number of hydrogen-bond acceptors (Lipinski definition) is 0. The Balaban J connectivity index is 1.87. The molecule has 2 fully saturated rings. The first kappa shape index (κ1) is 7.64. The van der Waals surface area contributed by atoms with Crippen molar-refractivity contribution in [3.8, 4) is 0 Å². The maximum Gasteiger partial charge on any atom is -0.0290 e. The van der Waals surface area contributed by atoms with Crippen LogP contribution in [0, 0.1) is 17.3 Å². The fourth-order valence-corrected chi connectivity index (χ4v) is 3.32. The molecule has 0 amide bonds. The summed E-state index contributed by atoms with van der Waals surface area (Å²) in [7, 11) is 0. The summed E-state index contributed by atoms with van der Waals surface area (Å²) in [6, 6.07) is 0. The molecule has 0 saturated heterocycles. The second kappa shape index (κ2) is 2.50. The van der Waals surface area contributed by atoms with E-state index in [4.69, 9.17) is 0 Å². The van der Waals surface area contributed by atoms with Crippen LogP contribution in [0.15, 0.2) is 0 Å². The van der Waals surface area contributed by atoms with E-state index in [1.54, 1.807) is 25.7 Å². The second-order valence-electron chi connectivity index (χ2n) is 5.03. The van der Waals surface area contributed by atoms with E-state index in [0.29, 0.717) is 0 Å². The Morgan fingerprint density at radius 3 is 2.45 bits per heavy atom. The average molecular weight is 152 g/mol. The van der Waals surface area contributed by atoms with Gasteiger partial charge < -0.3 is 0 Å². The molecule has 2 rings (SSSR count). The summed E-state index contributed by atoms with van der Waals surface area (Å²) < 4.78 is 0. The van der Waals surface area contributed by atoms with Gasteiger partial charge in [-0.2, -0.15) is 0 Å². The Morgan fingerprint density at radius 2 is 2.00 bits per heavy atom. The molecule has 2 saturated carbocycles. The molecule has 0 heterocycles. The Labute approximate surface area is 70.4 Å². The summed E-state index contributed by atoms with van der Waals surface area (Å²) in [5.74, 6) is 2.13. The van der Waals surface area contributed by atoms with Crippen molar-refractivity contribution >= 4 is 0 Å². The van der Waals surface area contributed by atoms with Crippen molar-refractivity contribution in [1.82, 2.24) is 0 Å². The molecule has 2 aliphatic rings. The highest BCUT2D eigenvalue weighted by Crippen LogP contribution is 2.58. The van der Waals surface area contributed by atoms with E-state index in [9.17, 15) is 0 Å². The van der Waals surface area contributed by atoms with Gasteiger partial charge in [0.15, 0.2) is 0 Å². The minimum absolute atomic E-state index is 0.861. The van der Waals surface area contributed by atoms with Gasteiger partial charge in [0.1, 0.15) is 0 Å². The lowest BCUT2D eigenvalue weighted by Gasteiger charge is -2.45. The van der Waals surface area contributed by atoms with Gasteiger partial charge in [0.2, 0.25) is 0 Å². The first-order chi connectivity index (χ1) is 5.24. The summed E-state index contributed by atoms with van der Waals surface area (Å²) in [5, 5.41) is 0. The summed E-state index contributed by atoms with van der Waals surface area (Å²) in [6.45, 7) is 4.77. The van der Waals surface area contributed by atoms with E-state index in [-0.39, 0.29) is 0 Å². The van der Waals surface area contributed by atoms with Crippen molar-refractivity contribution in [3.63, 3.8) is 0 Å². The standard InChI is InChI=1S/C11H20/c1-3-10-7-11(8-10)5-4-9(2)6-11/h9-10H,3-8H2,1-2H3. The molecule has 0 aromatic rings. The molecule has 1 unspecified atom stereocenters. The van der Waals surface area contributed by atoms with Crippen molar-refractivity contribution in [1.29, 1.82) is 0 Å². The highest BCUT2D eigenvalue weighted by molar-refractivity contribution is 4.97. The van der Waals surface area contributed by atoms with E-state index < -0.39 is 0 Å². The maximum atomic E-state index is 2.42. The van der Waals surface area contributed by atoms with E-state index in [1.807, 2.05) is 0 Å². The SMILES string of the molecule is CCC1CC2(CCC(C)C2)C1. The van der Waals surface area contributed by atoms with Crippen LogP contribution in [0.4, 0.5) is 0 Å². The van der Waals surface area contributed by atoms with Crippen LogP contribution in [0.5, 0.6) is 0 Å². The molecule has 0 nitrogen and oxygen atoms in total. The molecule has 0 heteroatoms. The van der Waals surface area contributed by atoms with Gasteiger partial charge in [0, 0.05) is 0 Å². The molecule has 0 radical (unpaired) electrons. The van der Waals surface area contributed by atoms with Gasteiger partial charge in [0.05, 0.1) is 0 Å². The normalized spacial score (nSPS) is 49.6. The van der Waals surface area contributed by atoms with Crippen LogP contribution in [0.1, 0.15) is 52.4 Å². The van der Waals surface area contributed by atoms with Crippen LogP contribution < -0.4 is 0 Å². The molecule has 0 aromatic heterocycles. The zero-order valence-corrected chi connectivity index (χ0v) is 7.90. The minimum Gasteiger partial charge on any atom is -0.0651 e. The monoisotopic (exact) mass is 152 g/mol. The van der Waals surface area contributed by atoms with Crippen molar-refractivity contribution in [2.45, 2.75) is 52.4 Å². The van der Waals surface area contributed by atoms with E-state index in [0.717, 1.165) is 17.3 Å². The molecule has 0 aliphatic heterocycles. The highest BCUT2D eigenvalue weighted by Gasteiger charge is 2.46. The van der Waals surface area contributed by atoms with Crippen molar-refractivity contribution in [2.75, 3.05) is 0 Å². The van der Waals surface area contributed by atoms with Crippen LogP contribution in [-0.2, 0) is 0 Å². The molecule has 1 atom stereocenters. The third kappa shape index (κ3) is 1.21. The fraction of sp³-hybridized carbons (Fsp3) is 1.00. The number of rotatable bonds is 1. The van der Waals surface area contributed by atoms with Gasteiger partial charge >= 0.3 is 0 Å². The molecule has 11 heavy (non-hydrogen) atoms. The average Bonchev–Trinajstić information content (AvgIpc) is 2.28. The molecule has 0 aromatic carbocycles. The fourth-order valence-electron chi connectivity index (χ4n) is 3.32. The van der Waals surface area contributed by atoms with Gasteiger partial charge in [-0.05, 0) is 42.9 Å². The quantitative estimate of drug-likeness (QED) is 0.538. The minimum atomic E-state index is 0.861. The van der Waals surface area contributed by atoms with Crippen molar-refractivity contribution in [2.24, 2.45) is 17.3 Å². The maximum absolute atomic E-state index is 2.42. The van der Waals surface area contributed by atoms with Crippen LogP contribution in [0.25, 0.3) is 0 Å². The third-order valence-electron chi connectivity index (χ3n) is 3.97. The van der Waals surface area contributed by atoms with Gasteiger partial charge in [-0.25, -0.2) is 0 Å². The summed E-state index contributed by atoms with van der Waals surface area (Å²) in [4.78, 5) is 0. The van der Waals surface area contributed by atoms with Crippen LogP contribution >= 0.6 is 0 Å². The second-order valence-corrected chi connectivity index (χ2v) is 5.03. The van der Waals surface area contributed by atoms with Gasteiger partial charge in [-0.1, -0.05) is 26.7 Å². The lowest BCUT2D eigenvalue weighted by atomic mass is 9.60. The van der Waals surface area contributed by atoms with Crippen LogP contribution in [-0.4, -0.2) is 0 Å². The van der Waals surface area contributed by atoms with Crippen molar-refractivity contribution < 1.29 is 0 Å². The molecular formula is C11H20. The Kier molecular flexibility index (Phi) is 1.74. The third-order valence-corrected chi connectivity index (χ3v) is 3.97. The van der Waals surface area contributed by atoms with Crippen LogP contribution in [0.3, 0.4) is 0 Å². The van der Waals surface area contributed by atoms with Crippen molar-refractivity contribution in [3.05, 3.63) is 0 Å². The molecule has 1 spiro atoms. The van der Waals surface area contributed by atoms with Gasteiger partial charge in [-0.15, -0.1) is 0 Å². The predicted octanol–water partition coefficient (Wildman–Crippen LogP) is 3.61. The highest BCUT2D eigenvalue weighted by atomic mass is 14.5. The topological polar surface area (TPSA) is 0 Å². The van der Waals surface area contributed by atoms with Crippen LogP contribution in [0.2, 0.25) is 0 Å². The van der Waals surface area contributed by atoms with Gasteiger partial charge in [-0.3, -0.25) is 0 Å². The first-order valence-electron chi connectivity index (χ1n) is 5.24. The smallest absolute Gasteiger partial charge is 0.0290 e. The summed E-state index contributed by atoms with van der Waals surface area (Å²) >= 11 is 0. The predicted molar refractivity (Wildman–Crippen MR) is 48.5 cm³/mol. The summed E-state index contributed by atoms with van der Waals surface area (Å²) in [5.41, 5.74) is 0.861. The molecular weight excluding hydrogens is 132 g/mol. The Hall–Kier alpha value is 0. The largest absolute Gasteiger partial charge is 0.0651 e. The molecule has 0 N–H and O–H groups in total. The van der Waals surface area contributed by atoms with E-state index in [1.165, 1.54) is 12.8 Å². The first-order valence-corrected chi connectivity index (χ1v) is 5.24. The lowest BCUT2D eigenvalue weighted by molar-refractivity contribution is 0.0560. The summed E-state index contributed by atoms with van der Waals surface area (Å²) in [6.07, 6.45) is 9.16. The molecule has 0 bridgehead atoms. The molecule has 2 aliphatic carbocycles. The zero-order chi connectivity index (χ0) is 7.90. The zero-order valence-electron chi connectivity index (χ0n) is 7.90. The van der Waals surface area contributed by atoms with Gasteiger partial charge in [0.25, 0.3) is 0 Å². The molecule has 64 valence electrons. The van der Waals surface area contributed by atoms with E-state index >= 15 is 0 Å². The Bertz CT molecular complexity index is 142. The van der Waals surface area contributed by atoms with E-state index in [2.05, 4.69) is 13.8 Å². The number of hydrogen-bond donors (Lipinski definition) is 0. The lowest BCUT2D eigenvalue weighted by Crippen LogP contribution is -2.34. The Morgan fingerprint density at radius 1 is 1.27 bits per heavy atom.